The van der Waals surface area contributed by atoms with Gasteiger partial charge in [0, 0.05) is 31.6 Å². The number of nitriles is 1. The van der Waals surface area contributed by atoms with E-state index in [-0.39, 0.29) is 5.41 Å². The molecule has 2 rings (SSSR count). The molecule has 1 saturated carbocycles. The van der Waals surface area contributed by atoms with Gasteiger partial charge in [0.25, 0.3) is 0 Å². The lowest BCUT2D eigenvalue weighted by molar-refractivity contribution is 0.557. The van der Waals surface area contributed by atoms with E-state index in [9.17, 15) is 0 Å². The normalized spacial score (nSPS) is 16.8. The summed E-state index contributed by atoms with van der Waals surface area (Å²) in [6, 6.07) is 2.28. The van der Waals surface area contributed by atoms with Crippen LogP contribution in [-0.2, 0) is 13.5 Å². The average Bonchev–Trinajstić information content (AvgIpc) is 2.93. The maximum atomic E-state index is 8.75. The summed E-state index contributed by atoms with van der Waals surface area (Å²) in [5.41, 5.74) is 2.47. The molecule has 16 heavy (non-hydrogen) atoms. The first kappa shape index (κ1) is 11.0. The quantitative estimate of drug-likeness (QED) is 0.823. The van der Waals surface area contributed by atoms with Crippen LogP contribution in [0.2, 0.25) is 0 Å². The highest BCUT2D eigenvalue weighted by molar-refractivity contribution is 5.46. The van der Waals surface area contributed by atoms with Crippen LogP contribution in [0.15, 0.2) is 6.20 Å². The minimum atomic E-state index is 0.246. The topological polar surface area (TPSA) is 53.6 Å². The Bertz CT molecular complexity index is 409. The number of hydrogen-bond donors (Lipinski definition) is 1. The van der Waals surface area contributed by atoms with E-state index in [1.807, 2.05) is 17.9 Å². The lowest BCUT2D eigenvalue weighted by Gasteiger charge is -2.12. The molecule has 0 amide bonds. The van der Waals surface area contributed by atoms with Crippen molar-refractivity contribution >= 4 is 5.69 Å². The summed E-state index contributed by atoms with van der Waals surface area (Å²) in [5, 5.41) is 16.6. The van der Waals surface area contributed by atoms with Gasteiger partial charge in [0.05, 0.1) is 17.5 Å². The van der Waals surface area contributed by atoms with E-state index in [1.165, 1.54) is 12.8 Å². The van der Waals surface area contributed by atoms with Crippen molar-refractivity contribution in [2.45, 2.75) is 32.6 Å². The van der Waals surface area contributed by atoms with E-state index >= 15 is 0 Å². The van der Waals surface area contributed by atoms with Crippen LogP contribution in [0, 0.1) is 16.7 Å². The van der Waals surface area contributed by atoms with Crippen LogP contribution in [0.1, 0.15) is 31.9 Å². The van der Waals surface area contributed by atoms with Gasteiger partial charge in [-0.25, -0.2) is 0 Å². The van der Waals surface area contributed by atoms with E-state index < -0.39 is 0 Å². The Balaban J connectivity index is 1.97. The van der Waals surface area contributed by atoms with Crippen molar-refractivity contribution in [2.24, 2.45) is 12.5 Å². The summed E-state index contributed by atoms with van der Waals surface area (Å²) in [7, 11) is 1.94. The number of nitrogens with zero attached hydrogens (tertiary/aromatic N) is 3. The number of rotatable bonds is 5. The molecule has 0 atom stereocenters. The summed E-state index contributed by atoms with van der Waals surface area (Å²) >= 11 is 0. The summed E-state index contributed by atoms with van der Waals surface area (Å²) < 4.78 is 1.84. The monoisotopic (exact) mass is 218 g/mol. The highest BCUT2D eigenvalue weighted by Crippen LogP contribution is 2.48. The third kappa shape index (κ3) is 2.19. The zero-order chi connectivity index (χ0) is 11.6. The third-order valence-corrected chi connectivity index (χ3v) is 3.31. The van der Waals surface area contributed by atoms with E-state index in [0.717, 1.165) is 24.3 Å². The van der Waals surface area contributed by atoms with Crippen molar-refractivity contribution in [3.05, 3.63) is 11.9 Å². The van der Waals surface area contributed by atoms with E-state index in [0.29, 0.717) is 6.42 Å². The molecule has 1 aliphatic rings. The smallest absolute Gasteiger partial charge is 0.0853 e. The lowest BCUT2D eigenvalue weighted by atomic mass is 10.0. The van der Waals surface area contributed by atoms with Crippen LogP contribution in [-0.4, -0.2) is 16.3 Å². The first-order valence-corrected chi connectivity index (χ1v) is 5.82. The minimum absolute atomic E-state index is 0.246. The van der Waals surface area contributed by atoms with Gasteiger partial charge in [-0.3, -0.25) is 4.68 Å². The van der Waals surface area contributed by atoms with Crippen LogP contribution < -0.4 is 5.32 Å². The van der Waals surface area contributed by atoms with Gasteiger partial charge in [0.2, 0.25) is 0 Å². The van der Waals surface area contributed by atoms with Crippen molar-refractivity contribution in [2.75, 3.05) is 11.9 Å². The zero-order valence-electron chi connectivity index (χ0n) is 9.95. The molecule has 0 unspecified atom stereocenters. The summed E-state index contributed by atoms with van der Waals surface area (Å²) in [6.07, 6.45) is 5.97. The fourth-order valence-electron chi connectivity index (χ4n) is 1.99. The van der Waals surface area contributed by atoms with Crippen molar-refractivity contribution < 1.29 is 0 Å². The molecule has 0 aromatic carbocycles. The second kappa shape index (κ2) is 4.17. The molecule has 1 fully saturated rings. The molecule has 0 aliphatic heterocycles. The Morgan fingerprint density at radius 3 is 2.94 bits per heavy atom. The highest BCUT2D eigenvalue weighted by atomic mass is 15.3. The average molecular weight is 218 g/mol. The van der Waals surface area contributed by atoms with Crippen LogP contribution in [0.3, 0.4) is 0 Å². The maximum Gasteiger partial charge on any atom is 0.0853 e. The van der Waals surface area contributed by atoms with Crippen molar-refractivity contribution in [1.82, 2.24) is 9.78 Å². The summed E-state index contributed by atoms with van der Waals surface area (Å²) in [4.78, 5) is 0. The fourth-order valence-corrected chi connectivity index (χ4v) is 1.99. The Hall–Kier alpha value is -1.50. The summed E-state index contributed by atoms with van der Waals surface area (Å²) in [6.45, 7) is 3.01. The second-order valence-corrected chi connectivity index (χ2v) is 4.71. The Morgan fingerprint density at radius 1 is 1.62 bits per heavy atom. The standard InChI is InChI=1S/C12H18N4/c1-3-10-11(8-16(2)15-10)14-9-12(4-5-12)6-7-13/h8,14H,3-6,9H2,1-2H3. The van der Waals surface area contributed by atoms with Crippen molar-refractivity contribution in [3.8, 4) is 6.07 Å². The molecule has 1 aromatic rings. The molecule has 1 aromatic heterocycles. The molecule has 0 saturated heterocycles. The third-order valence-electron chi connectivity index (χ3n) is 3.31. The van der Waals surface area contributed by atoms with Gasteiger partial charge in [-0.2, -0.15) is 10.4 Å². The fraction of sp³-hybridized carbons (Fsp3) is 0.667. The predicted octanol–water partition coefficient (Wildman–Crippen LogP) is 2.09. The van der Waals surface area contributed by atoms with Crippen LogP contribution >= 0.6 is 0 Å². The Labute approximate surface area is 96.3 Å². The first-order valence-electron chi connectivity index (χ1n) is 5.82. The van der Waals surface area contributed by atoms with Crippen molar-refractivity contribution in [1.29, 1.82) is 5.26 Å². The van der Waals surface area contributed by atoms with Gasteiger partial charge < -0.3 is 5.32 Å². The van der Waals surface area contributed by atoms with Gasteiger partial charge in [-0.15, -0.1) is 0 Å². The number of hydrogen-bond acceptors (Lipinski definition) is 3. The highest BCUT2D eigenvalue weighted by Gasteiger charge is 2.42. The number of aromatic nitrogens is 2. The van der Waals surface area contributed by atoms with E-state index in [4.69, 9.17) is 5.26 Å². The summed E-state index contributed by atoms with van der Waals surface area (Å²) in [5.74, 6) is 0. The molecule has 4 nitrogen and oxygen atoms in total. The first-order chi connectivity index (χ1) is 7.69. The van der Waals surface area contributed by atoms with Gasteiger partial charge >= 0.3 is 0 Å². The van der Waals surface area contributed by atoms with Crippen LogP contribution in [0.5, 0.6) is 0 Å². The molecule has 0 radical (unpaired) electrons. The maximum absolute atomic E-state index is 8.75. The lowest BCUT2D eigenvalue weighted by Crippen LogP contribution is -2.15. The van der Waals surface area contributed by atoms with Gasteiger partial charge in [0.1, 0.15) is 0 Å². The van der Waals surface area contributed by atoms with Crippen LogP contribution in [0.25, 0.3) is 0 Å². The SMILES string of the molecule is CCc1nn(C)cc1NCC1(CC#N)CC1. The zero-order valence-corrected chi connectivity index (χ0v) is 9.95. The van der Waals surface area contributed by atoms with Crippen molar-refractivity contribution in [3.63, 3.8) is 0 Å². The van der Waals surface area contributed by atoms with E-state index in [1.54, 1.807) is 0 Å². The van der Waals surface area contributed by atoms with Gasteiger partial charge in [-0.1, -0.05) is 6.92 Å². The number of anilines is 1. The molecule has 1 heterocycles. The number of aryl methyl sites for hydroxylation is 2. The molecule has 0 bridgehead atoms. The molecule has 0 spiro atoms. The van der Waals surface area contributed by atoms with Crippen LogP contribution in [0.4, 0.5) is 5.69 Å². The number of nitrogens with one attached hydrogen (secondary N) is 1. The molecule has 1 N–H and O–H groups in total. The van der Waals surface area contributed by atoms with E-state index in [2.05, 4.69) is 23.4 Å². The molecule has 4 heteroatoms. The Kier molecular flexibility index (Phi) is 2.86. The molecule has 1 aliphatic carbocycles. The van der Waals surface area contributed by atoms with Gasteiger partial charge in [-0.05, 0) is 19.3 Å². The Morgan fingerprint density at radius 2 is 2.38 bits per heavy atom. The minimum Gasteiger partial charge on any atom is -0.382 e. The largest absolute Gasteiger partial charge is 0.382 e. The van der Waals surface area contributed by atoms with Gasteiger partial charge in [0.15, 0.2) is 0 Å². The molecule has 86 valence electrons. The second-order valence-electron chi connectivity index (χ2n) is 4.71. The molecular weight excluding hydrogens is 200 g/mol. The molecular formula is C12H18N4. The predicted molar refractivity (Wildman–Crippen MR) is 63.0 cm³/mol.